The maximum atomic E-state index is 13.1. The Labute approximate surface area is 251 Å². The molecule has 0 saturated carbocycles. The van der Waals surface area contributed by atoms with Crippen LogP contribution in [0.4, 0.5) is 9.52 Å². The first-order valence-corrected chi connectivity index (χ1v) is 13.1. The van der Waals surface area contributed by atoms with E-state index >= 15 is 0 Å². The van der Waals surface area contributed by atoms with Gasteiger partial charge in [0.25, 0.3) is 5.91 Å². The predicted molar refractivity (Wildman–Crippen MR) is 137 cm³/mol. The minimum Gasteiger partial charge on any atom is -0.857 e. The van der Waals surface area contributed by atoms with Crippen molar-refractivity contribution in [2.45, 2.75) is 30.1 Å². The summed E-state index contributed by atoms with van der Waals surface area (Å²) in [5.41, 5.74) is 6.93. The number of β-lactam (4-membered cyclic amide) rings is 1. The molecule has 0 spiro atoms. The van der Waals surface area contributed by atoms with E-state index in [1.165, 1.54) is 22.0 Å². The molecular weight excluding hydrogens is 560 g/mol. The third-order valence-corrected chi connectivity index (χ3v) is 7.94. The predicted octanol–water partition coefficient (Wildman–Crippen LogP) is -1.47. The molecular formula is C23H21FN7NaO5S2. The van der Waals surface area contributed by atoms with Crippen molar-refractivity contribution in [3.05, 3.63) is 45.9 Å². The van der Waals surface area contributed by atoms with Gasteiger partial charge < -0.3 is 25.4 Å². The molecule has 39 heavy (non-hydrogen) atoms. The van der Waals surface area contributed by atoms with Crippen LogP contribution in [0.15, 0.2) is 55.6 Å². The van der Waals surface area contributed by atoms with E-state index in [0.29, 0.717) is 22.9 Å². The van der Waals surface area contributed by atoms with Crippen LogP contribution in [0.25, 0.3) is 11.0 Å². The van der Waals surface area contributed by atoms with Gasteiger partial charge in [0.1, 0.15) is 36.4 Å². The molecule has 1 saturated heterocycles. The zero-order valence-corrected chi connectivity index (χ0v) is 24.5. The van der Waals surface area contributed by atoms with Crippen LogP contribution in [0.1, 0.15) is 18.5 Å². The maximum absolute atomic E-state index is 13.1. The van der Waals surface area contributed by atoms with Crippen molar-refractivity contribution in [3.8, 4) is 0 Å². The van der Waals surface area contributed by atoms with E-state index in [1.807, 2.05) is 35.9 Å². The molecule has 4 heterocycles. The number of thiazole rings is 1. The van der Waals surface area contributed by atoms with E-state index in [9.17, 15) is 24.2 Å². The summed E-state index contributed by atoms with van der Waals surface area (Å²) < 4.78 is 14.3. The van der Waals surface area contributed by atoms with Gasteiger partial charge in [0.05, 0.1) is 17.1 Å². The van der Waals surface area contributed by atoms with Gasteiger partial charge in [0, 0.05) is 23.2 Å². The first-order chi connectivity index (χ1) is 18.3. The number of nitrogen functional groups attached to an aromatic ring is 1. The number of aryl methyl sites for hydroxylation is 1. The van der Waals surface area contributed by atoms with Gasteiger partial charge in [-0.2, -0.15) is 0 Å². The molecule has 0 radical (unpaired) electrons. The van der Waals surface area contributed by atoms with Crippen LogP contribution in [0, 0.1) is 0 Å². The number of para-hydroxylation sites is 2. The second-order valence-electron chi connectivity index (χ2n) is 8.35. The number of carboxylic acids is 1. The number of aliphatic carboxylic acids is 1. The Morgan fingerprint density at radius 1 is 1.38 bits per heavy atom. The molecule has 16 heteroatoms. The average molecular weight is 582 g/mol. The third-order valence-electron chi connectivity index (χ3n) is 6.07. The molecule has 198 valence electrons. The van der Waals surface area contributed by atoms with Crippen LogP contribution < -0.4 is 40.4 Å². The fourth-order valence-electron chi connectivity index (χ4n) is 4.34. The van der Waals surface area contributed by atoms with Crippen molar-refractivity contribution in [3.63, 3.8) is 0 Å². The third kappa shape index (κ3) is 5.54. The number of oxime groups is 1. The standard InChI is InChI=1S/C23H22FN7O5S2.Na/c1-30-13-5-3-2-4-11(13)27-23(30)38-15-7-6-14-17(20(33)31(14)18(15)21(34)35)28-19(32)16(29-36-9-8-24)12-10-37-22(25)26-12;/h2-5,10,14,17H,6-9H2,1H3,(H2,25,26)(H,28,32)(H,34,35);/q;+1/p-1/b29-16+;/t14-,17+;/m1./s1. The number of rotatable bonds is 9. The molecule has 2 aliphatic heterocycles. The van der Waals surface area contributed by atoms with Crippen LogP contribution in [0.5, 0.6) is 0 Å². The van der Waals surface area contributed by atoms with Crippen LogP contribution in [-0.4, -0.2) is 73.4 Å². The molecule has 2 aliphatic rings. The Morgan fingerprint density at radius 3 is 2.82 bits per heavy atom. The number of hydrogen-bond donors (Lipinski definition) is 2. The van der Waals surface area contributed by atoms with Gasteiger partial charge in [-0.3, -0.25) is 14.7 Å². The topological polar surface area (TPSA) is 171 Å². The normalized spacial score (nSPS) is 19.5. The van der Waals surface area contributed by atoms with Crippen LogP contribution >= 0.6 is 23.1 Å². The number of allylic oxidation sites excluding steroid dienone is 1. The Kier molecular flexibility index (Phi) is 8.96. The van der Waals surface area contributed by atoms with Crippen molar-refractivity contribution in [1.29, 1.82) is 0 Å². The number of amides is 1. The average Bonchev–Trinajstić information content (AvgIpc) is 3.47. The molecule has 2 aromatic heterocycles. The van der Waals surface area contributed by atoms with Gasteiger partial charge in [-0.1, -0.05) is 29.1 Å². The fourth-order valence-corrected chi connectivity index (χ4v) is 5.99. The van der Waals surface area contributed by atoms with Crippen LogP contribution in [0.2, 0.25) is 0 Å². The van der Waals surface area contributed by atoms with E-state index < -0.39 is 36.5 Å². The number of carbonyl (C=O) groups excluding carboxylic acids is 1. The number of nitrogens with zero attached hydrogens (tertiary/aromatic N) is 6. The zero-order chi connectivity index (χ0) is 27.0. The number of halogens is 1. The number of carbonyl (C=O) groups is 2. The zero-order valence-electron chi connectivity index (χ0n) is 20.9. The van der Waals surface area contributed by atoms with Crippen LogP contribution in [0.3, 0.4) is 0 Å². The number of hydrogen-bond acceptors (Lipinski definition) is 11. The summed E-state index contributed by atoms with van der Waals surface area (Å²) in [5.74, 6) is -2.77. The van der Waals surface area contributed by atoms with Crippen molar-refractivity contribution < 1.29 is 58.6 Å². The summed E-state index contributed by atoms with van der Waals surface area (Å²) in [6.45, 7) is -1.20. The Hall–Kier alpha value is -2.98. The first-order valence-electron chi connectivity index (χ1n) is 11.4. The van der Waals surface area contributed by atoms with Crippen molar-refractivity contribution in [2.24, 2.45) is 17.2 Å². The van der Waals surface area contributed by atoms with Crippen LogP contribution in [-0.2, 0) is 21.5 Å². The summed E-state index contributed by atoms with van der Waals surface area (Å²) >= 11 is 2.26. The van der Waals surface area contributed by atoms with Gasteiger partial charge >= 0.3 is 35.5 Å². The van der Waals surface area contributed by atoms with E-state index in [4.69, 9.17) is 10.6 Å². The largest absolute Gasteiger partial charge is 1.00 e. The summed E-state index contributed by atoms with van der Waals surface area (Å²) in [5, 5.41) is 28.8. The van der Waals surface area contributed by atoms with Crippen molar-refractivity contribution >= 4 is 62.7 Å². The van der Waals surface area contributed by atoms with Crippen molar-refractivity contribution in [1.82, 2.24) is 19.4 Å². The Bertz CT molecular complexity index is 1520. The Morgan fingerprint density at radius 2 is 2.15 bits per heavy atom. The second kappa shape index (κ2) is 12.0. The molecule has 5 rings (SSSR count). The number of alkyl halides is 1. The monoisotopic (exact) mass is 581 g/mol. The number of fused-ring (bicyclic) bond motifs is 2. The number of aromatic nitrogens is 3. The quantitative estimate of drug-likeness (QED) is 0.0764. The van der Waals surface area contributed by atoms with Gasteiger partial charge in [0.15, 0.2) is 10.3 Å². The molecule has 0 bridgehead atoms. The second-order valence-corrected chi connectivity index (χ2v) is 10.3. The summed E-state index contributed by atoms with van der Waals surface area (Å²) in [4.78, 5) is 44.4. The molecule has 3 aromatic rings. The Balaban J connectivity index is 0.00000353. The molecule has 0 aliphatic carbocycles. The number of benzene rings is 1. The summed E-state index contributed by atoms with van der Waals surface area (Å²) in [7, 11) is 1.84. The van der Waals surface area contributed by atoms with Gasteiger partial charge in [0.2, 0.25) is 0 Å². The smallest absolute Gasteiger partial charge is 0.857 e. The van der Waals surface area contributed by atoms with Gasteiger partial charge in [-0.05, 0) is 25.0 Å². The number of carboxylic acid groups (broad SMARTS) is 1. The SMILES string of the molecule is Cn1c(SC2=C(C(=O)O)N3C(=O)[C@@H](N=C([O-])/C(=N/OCCF)c4csc(N)n4)[C@H]3CC2)nc2ccccc21.[Na+]. The molecule has 1 amide bonds. The summed E-state index contributed by atoms with van der Waals surface area (Å²) in [6, 6.07) is 5.83. The molecule has 1 aromatic carbocycles. The molecule has 0 unspecified atom stereocenters. The van der Waals surface area contributed by atoms with Crippen molar-refractivity contribution in [2.75, 3.05) is 19.0 Å². The molecule has 1 fully saturated rings. The van der Waals surface area contributed by atoms with E-state index in [0.717, 1.165) is 22.4 Å². The van der Waals surface area contributed by atoms with E-state index in [1.54, 1.807) is 0 Å². The molecule has 12 nitrogen and oxygen atoms in total. The number of imidazole rings is 1. The fraction of sp³-hybridized carbons (Fsp3) is 0.304. The minimum absolute atomic E-state index is 0. The minimum atomic E-state index is -1.26. The van der Waals surface area contributed by atoms with E-state index in [2.05, 4.69) is 20.1 Å². The summed E-state index contributed by atoms with van der Waals surface area (Å²) in [6.07, 6.45) is 0.748. The maximum Gasteiger partial charge on any atom is 1.00 e. The molecule has 2 atom stereocenters. The van der Waals surface area contributed by atoms with Gasteiger partial charge in [-0.25, -0.2) is 19.2 Å². The number of nitrogens with two attached hydrogens (primary N) is 1. The molecule has 3 N–H and O–H groups in total. The van der Waals surface area contributed by atoms with Gasteiger partial charge in [-0.15, -0.1) is 11.3 Å². The van der Waals surface area contributed by atoms with E-state index in [-0.39, 0.29) is 58.4 Å². The number of anilines is 1. The first kappa shape index (κ1) is 29.0. The number of thioether (sulfide) groups is 1. The number of aliphatic imine (C=N–C) groups is 1.